The molecule has 0 bridgehead atoms. The number of hydrogen-bond donors (Lipinski definition) is 1. The second-order valence-electron chi connectivity index (χ2n) is 8.12. The van der Waals surface area contributed by atoms with Gasteiger partial charge in [0.15, 0.2) is 11.5 Å². The third-order valence-corrected chi connectivity index (χ3v) is 6.13. The zero-order valence-corrected chi connectivity index (χ0v) is 20.0. The van der Waals surface area contributed by atoms with Crippen LogP contribution in [0.15, 0.2) is 54.6 Å². The summed E-state index contributed by atoms with van der Waals surface area (Å²) in [7, 11) is 3.25. The fraction of sp³-hybridized carbons (Fsp3) is 0.370. The number of nitrogens with one attached hydrogen (secondary N) is 1. The van der Waals surface area contributed by atoms with Gasteiger partial charge in [0.05, 0.1) is 45.6 Å². The van der Waals surface area contributed by atoms with Crippen LogP contribution in [0.4, 0.5) is 0 Å². The first-order valence-corrected chi connectivity index (χ1v) is 11.6. The van der Waals surface area contributed by atoms with Gasteiger partial charge < -0.3 is 24.3 Å². The molecule has 34 heavy (non-hydrogen) atoms. The summed E-state index contributed by atoms with van der Waals surface area (Å²) in [6, 6.07) is 17.7. The predicted molar refractivity (Wildman–Crippen MR) is 132 cm³/mol. The molecule has 1 unspecified atom stereocenters. The van der Waals surface area contributed by atoms with Gasteiger partial charge in [-0.05, 0) is 47.5 Å². The summed E-state index contributed by atoms with van der Waals surface area (Å²) in [6.45, 7) is 5.74. The Kier molecular flexibility index (Phi) is 7.87. The maximum atomic E-state index is 13.3. The molecule has 1 aliphatic heterocycles. The highest BCUT2D eigenvalue weighted by Crippen LogP contribution is 2.32. The number of rotatable bonds is 9. The van der Waals surface area contributed by atoms with Crippen molar-refractivity contribution in [3.05, 3.63) is 65.7 Å². The molecular formula is C27H32N2O5. The van der Waals surface area contributed by atoms with E-state index in [4.69, 9.17) is 18.9 Å². The summed E-state index contributed by atoms with van der Waals surface area (Å²) in [5, 5.41) is 5.19. The lowest BCUT2D eigenvalue weighted by Crippen LogP contribution is -2.43. The quantitative estimate of drug-likeness (QED) is 0.515. The molecule has 1 fully saturated rings. The molecule has 1 aliphatic rings. The minimum atomic E-state index is -0.159. The topological polar surface area (TPSA) is 69.3 Å². The average molecular weight is 465 g/mol. The number of morpholine rings is 1. The van der Waals surface area contributed by atoms with Crippen molar-refractivity contribution in [3.8, 4) is 17.2 Å². The molecule has 3 aromatic rings. The molecule has 1 N–H and O–H groups in total. The molecule has 3 aromatic carbocycles. The molecule has 0 saturated carbocycles. The van der Waals surface area contributed by atoms with Crippen LogP contribution >= 0.6 is 0 Å². The lowest BCUT2D eigenvalue weighted by molar-refractivity contribution is 0.0162. The van der Waals surface area contributed by atoms with E-state index in [1.54, 1.807) is 14.2 Å². The van der Waals surface area contributed by atoms with Crippen LogP contribution in [0.5, 0.6) is 17.2 Å². The number of fused-ring (bicyclic) bond motifs is 1. The first-order valence-electron chi connectivity index (χ1n) is 11.6. The third kappa shape index (κ3) is 5.26. The van der Waals surface area contributed by atoms with Crippen LogP contribution in [0.1, 0.15) is 28.9 Å². The van der Waals surface area contributed by atoms with Gasteiger partial charge in [-0.15, -0.1) is 0 Å². The van der Waals surface area contributed by atoms with Gasteiger partial charge in [-0.3, -0.25) is 9.69 Å². The number of carbonyl (C=O) groups is 1. The van der Waals surface area contributed by atoms with Crippen molar-refractivity contribution in [2.24, 2.45) is 0 Å². The normalized spacial score (nSPS) is 15.0. The lowest BCUT2D eigenvalue weighted by Gasteiger charge is -2.35. The number of carbonyl (C=O) groups excluding carboxylic acids is 1. The summed E-state index contributed by atoms with van der Waals surface area (Å²) < 4.78 is 22.3. The average Bonchev–Trinajstić information content (AvgIpc) is 2.89. The number of benzene rings is 3. The van der Waals surface area contributed by atoms with E-state index in [0.29, 0.717) is 49.2 Å². The fourth-order valence-electron chi connectivity index (χ4n) is 4.36. The van der Waals surface area contributed by atoms with E-state index in [9.17, 15) is 4.79 Å². The molecule has 0 aromatic heterocycles. The van der Waals surface area contributed by atoms with Crippen molar-refractivity contribution < 1.29 is 23.7 Å². The van der Waals surface area contributed by atoms with Crippen LogP contribution in [0.25, 0.3) is 10.8 Å². The van der Waals surface area contributed by atoms with Crippen molar-refractivity contribution in [2.45, 2.75) is 13.0 Å². The van der Waals surface area contributed by atoms with Crippen molar-refractivity contribution in [2.75, 3.05) is 53.7 Å². The smallest absolute Gasteiger partial charge is 0.255 e. The van der Waals surface area contributed by atoms with Gasteiger partial charge >= 0.3 is 0 Å². The SMILES string of the molecule is CCOc1cc2ccccc2cc1C(=O)NCC(c1ccc(OC)c(OC)c1)N1CCOCC1. The van der Waals surface area contributed by atoms with Gasteiger partial charge in [0.1, 0.15) is 5.75 Å². The van der Waals surface area contributed by atoms with Crippen LogP contribution in [0.2, 0.25) is 0 Å². The monoisotopic (exact) mass is 464 g/mol. The van der Waals surface area contributed by atoms with Crippen LogP contribution in [-0.4, -0.2) is 64.5 Å². The maximum Gasteiger partial charge on any atom is 0.255 e. The standard InChI is InChI=1S/C27H32N2O5/c1-4-34-25-16-20-8-6-5-7-19(20)15-22(25)27(30)28-18-23(29-11-13-33-14-12-29)21-9-10-24(31-2)26(17-21)32-3/h5-10,15-17,23H,4,11-14,18H2,1-3H3,(H,28,30). The number of ether oxygens (including phenoxy) is 4. The molecule has 7 heteroatoms. The Morgan fingerprint density at radius 3 is 2.35 bits per heavy atom. The highest BCUT2D eigenvalue weighted by atomic mass is 16.5. The van der Waals surface area contributed by atoms with Gasteiger partial charge in [0.2, 0.25) is 0 Å². The van der Waals surface area contributed by atoms with Crippen LogP contribution in [-0.2, 0) is 4.74 Å². The highest BCUT2D eigenvalue weighted by Gasteiger charge is 2.25. The van der Waals surface area contributed by atoms with E-state index >= 15 is 0 Å². The Morgan fingerprint density at radius 1 is 0.971 bits per heavy atom. The van der Waals surface area contributed by atoms with E-state index in [1.165, 1.54) is 0 Å². The van der Waals surface area contributed by atoms with Crippen LogP contribution in [0, 0.1) is 0 Å². The van der Waals surface area contributed by atoms with Crippen molar-refractivity contribution in [3.63, 3.8) is 0 Å². The van der Waals surface area contributed by atoms with Crippen LogP contribution < -0.4 is 19.5 Å². The second-order valence-corrected chi connectivity index (χ2v) is 8.12. The van der Waals surface area contributed by atoms with Crippen LogP contribution in [0.3, 0.4) is 0 Å². The number of hydrogen-bond acceptors (Lipinski definition) is 6. The molecule has 1 atom stereocenters. The van der Waals surface area contributed by atoms with Crippen molar-refractivity contribution in [1.29, 1.82) is 0 Å². The summed E-state index contributed by atoms with van der Waals surface area (Å²) >= 11 is 0. The summed E-state index contributed by atoms with van der Waals surface area (Å²) in [6.07, 6.45) is 0. The van der Waals surface area contributed by atoms with Gasteiger partial charge in [-0.2, -0.15) is 0 Å². The zero-order chi connectivity index (χ0) is 23.9. The zero-order valence-electron chi connectivity index (χ0n) is 20.0. The first-order chi connectivity index (χ1) is 16.6. The van der Waals surface area contributed by atoms with Crippen molar-refractivity contribution >= 4 is 16.7 Å². The molecule has 1 saturated heterocycles. The molecule has 180 valence electrons. The number of nitrogens with zero attached hydrogens (tertiary/aromatic N) is 1. The van der Waals surface area contributed by atoms with E-state index < -0.39 is 0 Å². The predicted octanol–water partition coefficient (Wildman–Crippen LogP) is 4.06. The minimum absolute atomic E-state index is 0.0383. The van der Waals surface area contributed by atoms with E-state index in [-0.39, 0.29) is 11.9 Å². The molecular weight excluding hydrogens is 432 g/mol. The number of methoxy groups -OCH3 is 2. The number of amides is 1. The van der Waals surface area contributed by atoms with E-state index in [2.05, 4.69) is 10.2 Å². The first kappa shape index (κ1) is 23.9. The van der Waals surface area contributed by atoms with E-state index in [1.807, 2.05) is 61.5 Å². The summed E-state index contributed by atoms with van der Waals surface area (Å²) in [5.74, 6) is 1.77. The Bertz CT molecular complexity index is 1130. The molecule has 1 heterocycles. The molecule has 4 rings (SSSR count). The minimum Gasteiger partial charge on any atom is -0.493 e. The lowest BCUT2D eigenvalue weighted by atomic mass is 10.0. The Balaban J connectivity index is 1.60. The van der Waals surface area contributed by atoms with E-state index in [0.717, 1.165) is 29.4 Å². The van der Waals surface area contributed by atoms with Gasteiger partial charge in [-0.25, -0.2) is 0 Å². The van der Waals surface area contributed by atoms with Gasteiger partial charge in [0.25, 0.3) is 5.91 Å². The summed E-state index contributed by atoms with van der Waals surface area (Å²) in [5.41, 5.74) is 1.58. The fourth-order valence-corrected chi connectivity index (χ4v) is 4.36. The second kappa shape index (κ2) is 11.2. The van der Waals surface area contributed by atoms with Gasteiger partial charge in [0, 0.05) is 19.6 Å². The largest absolute Gasteiger partial charge is 0.493 e. The Labute approximate surface area is 200 Å². The Morgan fingerprint density at radius 2 is 1.68 bits per heavy atom. The van der Waals surface area contributed by atoms with Gasteiger partial charge in [-0.1, -0.05) is 30.3 Å². The summed E-state index contributed by atoms with van der Waals surface area (Å²) in [4.78, 5) is 15.7. The molecule has 0 spiro atoms. The highest BCUT2D eigenvalue weighted by molar-refractivity contribution is 6.01. The van der Waals surface area contributed by atoms with Crippen molar-refractivity contribution in [1.82, 2.24) is 10.2 Å². The molecule has 0 radical (unpaired) electrons. The molecule has 7 nitrogen and oxygen atoms in total. The maximum absolute atomic E-state index is 13.3. The molecule has 1 amide bonds. The third-order valence-electron chi connectivity index (χ3n) is 6.13. The molecule has 0 aliphatic carbocycles. The Hall–Kier alpha value is -3.29.